The van der Waals surface area contributed by atoms with Crippen molar-refractivity contribution in [2.45, 2.75) is 39.4 Å². The van der Waals surface area contributed by atoms with Gasteiger partial charge in [0.25, 0.3) is 5.91 Å². The van der Waals surface area contributed by atoms with Crippen LogP contribution in [0.2, 0.25) is 0 Å². The lowest BCUT2D eigenvalue weighted by atomic mass is 10.0. The van der Waals surface area contributed by atoms with E-state index in [-0.39, 0.29) is 30.3 Å². The Morgan fingerprint density at radius 1 is 0.929 bits per heavy atom. The maximum Gasteiger partial charge on any atom is 0.490 e. The highest BCUT2D eigenvalue weighted by Crippen LogP contribution is 2.33. The first kappa shape index (κ1) is 32.6. The third kappa shape index (κ3) is 9.04. The summed E-state index contributed by atoms with van der Waals surface area (Å²) in [6.45, 7) is 9.85. The molecule has 0 aromatic heterocycles. The van der Waals surface area contributed by atoms with Crippen molar-refractivity contribution < 1.29 is 37.5 Å². The summed E-state index contributed by atoms with van der Waals surface area (Å²) in [6.07, 6.45) is -4.29. The predicted octanol–water partition coefficient (Wildman–Crippen LogP) is 3.32. The maximum absolute atomic E-state index is 13.2. The number of likely N-dealkylation sites (tertiary alicyclic amines) is 2. The van der Waals surface area contributed by atoms with Crippen LogP contribution in [0.1, 0.15) is 46.4 Å². The summed E-state index contributed by atoms with van der Waals surface area (Å²) in [7, 11) is 0. The number of aliphatic carboxylic acids is 1. The average molecular weight is 591 g/mol. The number of carbonyl (C=O) groups is 4. The van der Waals surface area contributed by atoms with Crippen LogP contribution in [-0.4, -0.2) is 84.0 Å². The van der Waals surface area contributed by atoms with Gasteiger partial charge in [-0.15, -0.1) is 0 Å². The fourth-order valence-electron chi connectivity index (χ4n) is 5.52. The zero-order valence-electron chi connectivity index (χ0n) is 23.9. The molecule has 228 valence electrons. The number of amides is 3. The lowest BCUT2D eigenvalue weighted by Crippen LogP contribution is -2.39. The molecule has 2 heterocycles. The zero-order valence-corrected chi connectivity index (χ0v) is 23.9. The van der Waals surface area contributed by atoms with Gasteiger partial charge < -0.3 is 25.5 Å². The molecule has 3 atom stereocenters. The third-order valence-corrected chi connectivity index (χ3v) is 7.56. The summed E-state index contributed by atoms with van der Waals surface area (Å²) >= 11 is 0. The number of halogens is 3. The Labute approximate surface area is 243 Å². The van der Waals surface area contributed by atoms with E-state index in [9.17, 15) is 27.6 Å². The van der Waals surface area contributed by atoms with Gasteiger partial charge in [-0.1, -0.05) is 48.5 Å². The van der Waals surface area contributed by atoms with Crippen LogP contribution < -0.4 is 10.6 Å². The second-order valence-corrected chi connectivity index (χ2v) is 10.8. The van der Waals surface area contributed by atoms with Crippen LogP contribution in [0.4, 0.5) is 13.2 Å². The molecule has 12 heteroatoms. The SMILES string of the molecule is CC(=O)NCC(=O)NC(CCN1CC2CN(C(=O)c3c(C)cccc3C)C[C@@H]2C1)c1ccccc1.O=C(O)C(F)(F)F. The minimum Gasteiger partial charge on any atom is -0.475 e. The summed E-state index contributed by atoms with van der Waals surface area (Å²) in [5.74, 6) is -2.01. The van der Waals surface area contributed by atoms with Crippen molar-refractivity contribution in [2.75, 3.05) is 39.3 Å². The van der Waals surface area contributed by atoms with Gasteiger partial charge in [0, 0.05) is 45.2 Å². The second kappa shape index (κ2) is 14.3. The van der Waals surface area contributed by atoms with Gasteiger partial charge in [-0.3, -0.25) is 14.4 Å². The van der Waals surface area contributed by atoms with Crippen molar-refractivity contribution in [1.82, 2.24) is 20.4 Å². The van der Waals surface area contributed by atoms with Crippen LogP contribution in [0.25, 0.3) is 0 Å². The number of benzene rings is 2. The van der Waals surface area contributed by atoms with Gasteiger partial charge in [0.15, 0.2) is 0 Å². The quantitative estimate of drug-likeness (QED) is 0.434. The molecule has 2 aliphatic heterocycles. The third-order valence-electron chi connectivity index (χ3n) is 7.56. The number of carboxylic acid groups (broad SMARTS) is 1. The van der Waals surface area contributed by atoms with E-state index in [1.54, 1.807) is 0 Å². The molecule has 2 aromatic carbocycles. The molecule has 2 unspecified atom stereocenters. The van der Waals surface area contributed by atoms with Crippen LogP contribution in [0.3, 0.4) is 0 Å². The van der Waals surface area contributed by atoms with Crippen molar-refractivity contribution in [3.05, 3.63) is 70.8 Å². The average Bonchev–Trinajstić information content (AvgIpc) is 3.49. The Bertz CT molecular complexity index is 1240. The normalized spacial score (nSPS) is 18.9. The molecule has 9 nitrogen and oxygen atoms in total. The van der Waals surface area contributed by atoms with Gasteiger partial charge in [-0.25, -0.2) is 4.79 Å². The van der Waals surface area contributed by atoms with Crippen LogP contribution in [0.5, 0.6) is 0 Å². The Hall–Kier alpha value is -3.93. The van der Waals surface area contributed by atoms with E-state index in [2.05, 4.69) is 15.5 Å². The molecule has 3 N–H and O–H groups in total. The largest absolute Gasteiger partial charge is 0.490 e. The number of rotatable bonds is 8. The standard InChI is InChI=1S/C28H36N4O3.C2HF3O2/c1-19-8-7-9-20(2)27(19)28(35)32-17-23-15-31(16-24(23)18-32)13-12-25(22-10-5-4-6-11-22)30-26(34)14-29-21(3)33;3-2(4,5)1(6)7/h4-11,23-25H,12-18H2,1-3H3,(H,29,33)(H,30,34);(H,6,7)/t23-,24?,25?;/m0./s1. The first-order valence-corrected chi connectivity index (χ1v) is 13.7. The smallest absolute Gasteiger partial charge is 0.475 e. The molecule has 2 aliphatic rings. The van der Waals surface area contributed by atoms with Gasteiger partial charge in [-0.2, -0.15) is 13.2 Å². The second-order valence-electron chi connectivity index (χ2n) is 10.8. The molecule has 3 amide bonds. The van der Waals surface area contributed by atoms with Gasteiger partial charge in [0.2, 0.25) is 11.8 Å². The molecule has 2 saturated heterocycles. The number of aryl methyl sites for hydroxylation is 2. The highest BCUT2D eigenvalue weighted by Gasteiger charge is 2.42. The lowest BCUT2D eigenvalue weighted by molar-refractivity contribution is -0.192. The minimum atomic E-state index is -5.08. The van der Waals surface area contributed by atoms with Crippen molar-refractivity contribution in [3.8, 4) is 0 Å². The molecule has 2 fully saturated rings. The predicted molar refractivity (Wildman–Crippen MR) is 150 cm³/mol. The molecule has 0 aliphatic carbocycles. The monoisotopic (exact) mass is 590 g/mol. The summed E-state index contributed by atoms with van der Waals surface area (Å²) in [4.78, 5) is 50.1. The zero-order chi connectivity index (χ0) is 31.0. The number of fused-ring (bicyclic) bond motifs is 1. The molecule has 4 rings (SSSR count). The van der Waals surface area contributed by atoms with Crippen molar-refractivity contribution in [2.24, 2.45) is 11.8 Å². The Balaban J connectivity index is 0.000000616. The van der Waals surface area contributed by atoms with E-state index in [4.69, 9.17) is 9.90 Å². The highest BCUT2D eigenvalue weighted by molar-refractivity contribution is 5.97. The van der Waals surface area contributed by atoms with E-state index < -0.39 is 12.1 Å². The van der Waals surface area contributed by atoms with E-state index in [1.165, 1.54) is 6.92 Å². The molecule has 0 radical (unpaired) electrons. The summed E-state index contributed by atoms with van der Waals surface area (Å²) in [5.41, 5.74) is 4.00. The molecule has 2 aromatic rings. The van der Waals surface area contributed by atoms with Crippen molar-refractivity contribution >= 4 is 23.7 Å². The lowest BCUT2D eigenvalue weighted by Gasteiger charge is -2.25. The maximum atomic E-state index is 13.2. The molecule has 0 spiro atoms. The molecule has 42 heavy (non-hydrogen) atoms. The van der Waals surface area contributed by atoms with Crippen molar-refractivity contribution in [3.63, 3.8) is 0 Å². The van der Waals surface area contributed by atoms with Gasteiger partial charge in [0.05, 0.1) is 12.6 Å². The van der Waals surface area contributed by atoms with Crippen molar-refractivity contribution in [1.29, 1.82) is 0 Å². The van der Waals surface area contributed by atoms with Crippen LogP contribution in [-0.2, 0) is 14.4 Å². The van der Waals surface area contributed by atoms with E-state index in [1.807, 2.05) is 67.3 Å². The Morgan fingerprint density at radius 2 is 1.48 bits per heavy atom. The summed E-state index contributed by atoms with van der Waals surface area (Å²) < 4.78 is 31.7. The van der Waals surface area contributed by atoms with E-state index >= 15 is 0 Å². The Kier molecular flexibility index (Phi) is 11.1. The summed E-state index contributed by atoms with van der Waals surface area (Å²) in [5, 5.41) is 12.8. The minimum absolute atomic E-state index is 0.0171. The van der Waals surface area contributed by atoms with Crippen LogP contribution in [0.15, 0.2) is 48.5 Å². The number of nitrogens with one attached hydrogen (secondary N) is 2. The number of alkyl halides is 3. The molecular formula is C30H37F3N4O5. The van der Waals surface area contributed by atoms with E-state index in [0.717, 1.165) is 61.4 Å². The number of hydrogen-bond donors (Lipinski definition) is 3. The number of hydrogen-bond acceptors (Lipinski definition) is 5. The summed E-state index contributed by atoms with van der Waals surface area (Å²) in [6, 6.07) is 15.9. The van der Waals surface area contributed by atoms with Gasteiger partial charge >= 0.3 is 12.1 Å². The topological polar surface area (TPSA) is 119 Å². The van der Waals surface area contributed by atoms with Crippen LogP contribution >= 0.6 is 0 Å². The number of nitrogens with zero attached hydrogens (tertiary/aromatic N) is 2. The fourth-order valence-corrected chi connectivity index (χ4v) is 5.52. The van der Waals surface area contributed by atoms with Crippen LogP contribution in [0, 0.1) is 25.7 Å². The van der Waals surface area contributed by atoms with E-state index in [0.29, 0.717) is 11.8 Å². The molecular weight excluding hydrogens is 553 g/mol. The van der Waals surface area contributed by atoms with Gasteiger partial charge in [0.1, 0.15) is 0 Å². The first-order valence-electron chi connectivity index (χ1n) is 13.7. The number of carboxylic acids is 1. The molecule has 0 bridgehead atoms. The Morgan fingerprint density at radius 3 is 1.98 bits per heavy atom. The van der Waals surface area contributed by atoms with Gasteiger partial charge in [-0.05, 0) is 48.8 Å². The molecule has 0 saturated carbocycles. The first-order chi connectivity index (χ1) is 19.8. The fraction of sp³-hybridized carbons (Fsp3) is 0.467. The highest BCUT2D eigenvalue weighted by atomic mass is 19.4. The number of carbonyl (C=O) groups excluding carboxylic acids is 3.